The first-order valence-electron chi connectivity index (χ1n) is 6.89. The van der Waals surface area contributed by atoms with Crippen molar-refractivity contribution in [3.63, 3.8) is 0 Å². The number of halogens is 1. The topological polar surface area (TPSA) is 84.9 Å². The molecule has 0 aliphatic heterocycles. The molecule has 0 saturated heterocycles. The molecule has 0 amide bonds. The second-order valence-electron chi connectivity index (χ2n) is 4.98. The fourth-order valence-electron chi connectivity index (χ4n) is 2.36. The maximum atomic E-state index is 14.4. The number of rotatable bonds is 3. The number of benzene rings is 2. The van der Waals surface area contributed by atoms with E-state index in [1.165, 1.54) is 12.1 Å². The van der Waals surface area contributed by atoms with Gasteiger partial charge in [0.2, 0.25) is 11.7 Å². The molecule has 1 N–H and O–H groups in total. The molecule has 2 aromatic heterocycles. The second kappa shape index (κ2) is 5.20. The molecule has 0 fully saturated rings. The number of aromatic amines is 1. The molecule has 0 atom stereocenters. The van der Waals surface area contributed by atoms with Crippen molar-refractivity contribution in [1.82, 2.24) is 15.1 Å². The summed E-state index contributed by atoms with van der Waals surface area (Å²) in [6, 6.07) is 12.4. The zero-order valence-corrected chi connectivity index (χ0v) is 11.7. The van der Waals surface area contributed by atoms with Crippen LogP contribution < -0.4 is 5.76 Å². The van der Waals surface area contributed by atoms with Crippen LogP contribution in [0.5, 0.6) is 0 Å². The number of nitrogens with zero attached hydrogens (tertiary/aromatic N) is 2. The summed E-state index contributed by atoms with van der Waals surface area (Å²) in [5.41, 5.74) is 1.36. The molecule has 7 heteroatoms. The van der Waals surface area contributed by atoms with Crippen LogP contribution in [0.25, 0.3) is 22.5 Å². The minimum absolute atomic E-state index is 0.0373. The summed E-state index contributed by atoms with van der Waals surface area (Å²) in [6.45, 7) is 0. The third-order valence-corrected chi connectivity index (χ3v) is 3.46. The van der Waals surface area contributed by atoms with Crippen molar-refractivity contribution in [3.05, 3.63) is 70.3 Å². The number of hydrogen-bond acceptors (Lipinski definition) is 5. The van der Waals surface area contributed by atoms with Gasteiger partial charge >= 0.3 is 5.76 Å². The van der Waals surface area contributed by atoms with Crippen LogP contribution in [0, 0.1) is 5.82 Å². The highest BCUT2D eigenvalue weighted by Crippen LogP contribution is 2.21. The van der Waals surface area contributed by atoms with E-state index in [1.54, 1.807) is 0 Å². The predicted octanol–water partition coefficient (Wildman–Crippen LogP) is 2.90. The maximum absolute atomic E-state index is 14.4. The highest BCUT2D eigenvalue weighted by molar-refractivity contribution is 5.73. The van der Waals surface area contributed by atoms with Gasteiger partial charge in [0.05, 0.1) is 6.42 Å². The highest BCUT2D eigenvalue weighted by atomic mass is 19.1. The van der Waals surface area contributed by atoms with Gasteiger partial charge in [0, 0.05) is 5.56 Å². The Kier molecular flexibility index (Phi) is 3.04. The summed E-state index contributed by atoms with van der Waals surface area (Å²) < 4.78 is 24.4. The number of aromatic nitrogens is 3. The second-order valence-corrected chi connectivity index (χ2v) is 4.98. The number of oxazole rings is 1. The Morgan fingerprint density at radius 2 is 1.96 bits per heavy atom. The molecule has 0 saturated carbocycles. The molecule has 114 valence electrons. The van der Waals surface area contributed by atoms with Crippen molar-refractivity contribution in [1.29, 1.82) is 0 Å². The number of H-pyrrole nitrogens is 1. The smallest absolute Gasteiger partial charge is 0.408 e. The minimum Gasteiger partial charge on any atom is -0.408 e. The van der Waals surface area contributed by atoms with E-state index in [9.17, 15) is 9.18 Å². The van der Waals surface area contributed by atoms with Crippen molar-refractivity contribution in [3.8, 4) is 11.4 Å². The Labute approximate surface area is 128 Å². The summed E-state index contributed by atoms with van der Waals surface area (Å²) in [5.74, 6) is -0.528. The molecule has 4 rings (SSSR count). The normalized spacial score (nSPS) is 11.2. The van der Waals surface area contributed by atoms with Gasteiger partial charge in [-0.25, -0.2) is 9.18 Å². The Morgan fingerprint density at radius 3 is 2.78 bits per heavy atom. The summed E-state index contributed by atoms with van der Waals surface area (Å²) >= 11 is 0. The molecule has 6 nitrogen and oxygen atoms in total. The van der Waals surface area contributed by atoms with Gasteiger partial charge in [-0.1, -0.05) is 41.6 Å². The van der Waals surface area contributed by atoms with Gasteiger partial charge in [-0.05, 0) is 11.6 Å². The average Bonchev–Trinajstić information content (AvgIpc) is 3.18. The SMILES string of the molecule is O=c1[nH]c2c(F)c(Cc3nc(-c4ccccc4)no3)ccc2o1. The molecule has 2 aromatic carbocycles. The molecular weight excluding hydrogens is 301 g/mol. The monoisotopic (exact) mass is 311 g/mol. The van der Waals surface area contributed by atoms with Crippen molar-refractivity contribution >= 4 is 11.1 Å². The molecule has 0 spiro atoms. The zero-order valence-electron chi connectivity index (χ0n) is 11.7. The summed E-state index contributed by atoms with van der Waals surface area (Å²) in [5, 5.41) is 3.89. The lowest BCUT2D eigenvalue weighted by molar-refractivity contribution is 0.384. The van der Waals surface area contributed by atoms with Gasteiger partial charge in [-0.15, -0.1) is 0 Å². The van der Waals surface area contributed by atoms with Crippen molar-refractivity contribution in [2.45, 2.75) is 6.42 Å². The largest absolute Gasteiger partial charge is 0.417 e. The van der Waals surface area contributed by atoms with Gasteiger partial charge in [-0.2, -0.15) is 4.98 Å². The van der Waals surface area contributed by atoms with Gasteiger partial charge in [-0.3, -0.25) is 4.98 Å². The van der Waals surface area contributed by atoms with Crippen molar-refractivity contribution in [2.24, 2.45) is 0 Å². The summed E-state index contributed by atoms with van der Waals surface area (Å²) in [7, 11) is 0. The Morgan fingerprint density at radius 1 is 1.13 bits per heavy atom. The number of nitrogens with one attached hydrogen (secondary N) is 1. The Bertz CT molecular complexity index is 1030. The fourth-order valence-corrected chi connectivity index (χ4v) is 2.36. The standard InChI is InChI=1S/C16H10FN3O3/c17-13-10(6-7-11-14(13)19-16(21)22-11)8-12-18-15(20-23-12)9-4-2-1-3-5-9/h1-7H,8H2,(H,19,21). The van der Waals surface area contributed by atoms with E-state index in [2.05, 4.69) is 15.1 Å². The molecule has 23 heavy (non-hydrogen) atoms. The van der Waals surface area contributed by atoms with Crippen LogP contribution in [-0.4, -0.2) is 15.1 Å². The molecule has 0 unspecified atom stereocenters. The van der Waals surface area contributed by atoms with Gasteiger partial charge in [0.15, 0.2) is 11.4 Å². The first-order valence-corrected chi connectivity index (χ1v) is 6.89. The van der Waals surface area contributed by atoms with E-state index < -0.39 is 11.6 Å². The average molecular weight is 311 g/mol. The third kappa shape index (κ3) is 2.42. The van der Waals surface area contributed by atoms with Crippen LogP contribution >= 0.6 is 0 Å². The summed E-state index contributed by atoms with van der Waals surface area (Å²) in [6.07, 6.45) is 0.120. The Hall–Kier alpha value is -3.22. The van der Waals surface area contributed by atoms with Crippen LogP contribution in [0.4, 0.5) is 4.39 Å². The lowest BCUT2D eigenvalue weighted by Crippen LogP contribution is -1.96. The lowest BCUT2D eigenvalue weighted by atomic mass is 10.1. The maximum Gasteiger partial charge on any atom is 0.417 e. The van der Waals surface area contributed by atoms with Crippen LogP contribution in [0.2, 0.25) is 0 Å². The van der Waals surface area contributed by atoms with E-state index in [0.29, 0.717) is 11.4 Å². The minimum atomic E-state index is -0.694. The molecule has 0 radical (unpaired) electrons. The quantitative estimate of drug-likeness (QED) is 0.629. The molecule has 4 aromatic rings. The first-order chi connectivity index (χ1) is 11.2. The van der Waals surface area contributed by atoms with Crippen LogP contribution in [0.1, 0.15) is 11.5 Å². The first kappa shape index (κ1) is 13.4. The lowest BCUT2D eigenvalue weighted by Gasteiger charge is -1.99. The van der Waals surface area contributed by atoms with E-state index in [-0.39, 0.29) is 23.4 Å². The molecule has 2 heterocycles. The van der Waals surface area contributed by atoms with Gasteiger partial charge < -0.3 is 8.94 Å². The van der Waals surface area contributed by atoms with Crippen molar-refractivity contribution < 1.29 is 13.3 Å². The van der Waals surface area contributed by atoms with Crippen LogP contribution in [0.15, 0.2) is 56.2 Å². The Balaban J connectivity index is 1.67. The fraction of sp³-hybridized carbons (Fsp3) is 0.0625. The highest BCUT2D eigenvalue weighted by Gasteiger charge is 2.15. The number of fused-ring (bicyclic) bond motifs is 1. The van der Waals surface area contributed by atoms with E-state index in [4.69, 9.17) is 8.94 Å². The van der Waals surface area contributed by atoms with Gasteiger partial charge in [0.1, 0.15) is 5.52 Å². The van der Waals surface area contributed by atoms with E-state index in [0.717, 1.165) is 5.56 Å². The van der Waals surface area contributed by atoms with Crippen LogP contribution in [0.3, 0.4) is 0 Å². The van der Waals surface area contributed by atoms with Crippen LogP contribution in [-0.2, 0) is 6.42 Å². The van der Waals surface area contributed by atoms with Gasteiger partial charge in [0.25, 0.3) is 0 Å². The zero-order chi connectivity index (χ0) is 15.8. The molecular formula is C16H10FN3O3. The molecule has 0 aliphatic rings. The van der Waals surface area contributed by atoms with Crippen molar-refractivity contribution in [2.75, 3.05) is 0 Å². The molecule has 0 aliphatic carbocycles. The molecule has 0 bridgehead atoms. The third-order valence-electron chi connectivity index (χ3n) is 3.46. The number of hydrogen-bond donors (Lipinski definition) is 1. The summed E-state index contributed by atoms with van der Waals surface area (Å²) in [4.78, 5) is 17.7. The van der Waals surface area contributed by atoms with E-state index >= 15 is 0 Å². The van der Waals surface area contributed by atoms with E-state index in [1.807, 2.05) is 30.3 Å². The predicted molar refractivity (Wildman–Crippen MR) is 79.3 cm³/mol.